The lowest BCUT2D eigenvalue weighted by Gasteiger charge is -2.52. The van der Waals surface area contributed by atoms with Crippen molar-refractivity contribution in [3.8, 4) is 0 Å². The van der Waals surface area contributed by atoms with E-state index in [1.807, 2.05) is 12.1 Å². The molecule has 2 saturated carbocycles. The van der Waals surface area contributed by atoms with Crippen molar-refractivity contribution in [1.82, 2.24) is 0 Å². The minimum absolute atomic E-state index is 0.169. The molecule has 2 aromatic rings. The fourth-order valence-electron chi connectivity index (χ4n) is 5.67. The Morgan fingerprint density at radius 3 is 2.31 bits per heavy atom. The predicted molar refractivity (Wildman–Crippen MR) is 126 cm³/mol. The van der Waals surface area contributed by atoms with Gasteiger partial charge in [-0.25, -0.2) is 0 Å². The summed E-state index contributed by atoms with van der Waals surface area (Å²) >= 11 is 4.42. The van der Waals surface area contributed by atoms with E-state index >= 15 is 0 Å². The highest BCUT2D eigenvalue weighted by molar-refractivity contribution is 8.21. The van der Waals surface area contributed by atoms with Crippen LogP contribution in [-0.2, 0) is 11.2 Å². The van der Waals surface area contributed by atoms with Crippen molar-refractivity contribution in [1.29, 1.82) is 0 Å². The van der Waals surface area contributed by atoms with Crippen LogP contribution in [-0.4, -0.2) is 21.5 Å². The Morgan fingerprint density at radius 2 is 1.59 bits per heavy atom. The average Bonchev–Trinajstić information content (AvgIpc) is 3.19. The maximum absolute atomic E-state index is 13.3. The van der Waals surface area contributed by atoms with E-state index in [9.17, 15) is 4.79 Å². The molecule has 1 amide bonds. The Morgan fingerprint density at radius 1 is 0.931 bits per heavy atom. The average molecular weight is 424 g/mol. The van der Waals surface area contributed by atoms with Gasteiger partial charge in [0.25, 0.3) is 0 Å². The summed E-state index contributed by atoms with van der Waals surface area (Å²) in [6.45, 7) is 0. The van der Waals surface area contributed by atoms with Crippen LogP contribution in [0, 0.1) is 17.8 Å². The van der Waals surface area contributed by atoms with Crippen molar-refractivity contribution in [2.24, 2.45) is 17.8 Å². The van der Waals surface area contributed by atoms with Crippen LogP contribution in [0.2, 0.25) is 0 Å². The van der Waals surface area contributed by atoms with Gasteiger partial charge in [0.1, 0.15) is 0 Å². The molecule has 1 aliphatic heterocycles. The highest BCUT2D eigenvalue weighted by Crippen LogP contribution is 2.64. The van der Waals surface area contributed by atoms with Crippen LogP contribution in [0.4, 0.5) is 5.69 Å². The normalized spacial score (nSPS) is 27.7. The zero-order valence-corrected chi connectivity index (χ0v) is 18.4. The lowest BCUT2D eigenvalue weighted by atomic mass is 9.67. The molecule has 0 aromatic heterocycles. The second-order valence-corrected chi connectivity index (χ2v) is 11.7. The first-order chi connectivity index (χ1) is 14.2. The van der Waals surface area contributed by atoms with Gasteiger partial charge in [0.2, 0.25) is 5.91 Å². The second-order valence-electron chi connectivity index (χ2n) is 8.72. The van der Waals surface area contributed by atoms with E-state index in [4.69, 9.17) is 0 Å². The molecule has 152 valence electrons. The van der Waals surface area contributed by atoms with E-state index in [-0.39, 0.29) is 11.8 Å². The van der Waals surface area contributed by atoms with Crippen LogP contribution in [0.1, 0.15) is 43.2 Å². The molecule has 2 aliphatic carbocycles. The van der Waals surface area contributed by atoms with Crippen LogP contribution < -0.4 is 5.32 Å². The summed E-state index contributed by atoms with van der Waals surface area (Å²) in [5.41, 5.74) is 3.46. The van der Waals surface area contributed by atoms with E-state index in [1.165, 1.54) is 41.9 Å². The third kappa shape index (κ3) is 3.86. The summed E-state index contributed by atoms with van der Waals surface area (Å²) < 4.78 is 0.431. The topological polar surface area (TPSA) is 29.1 Å². The first kappa shape index (κ1) is 19.6. The van der Waals surface area contributed by atoms with Crippen molar-refractivity contribution in [3.05, 3.63) is 65.7 Å². The smallest absolute Gasteiger partial charge is 0.227 e. The standard InChI is InChI=1S/C25H29NOS2/c27-24(20-16-21-10-6-11-22(17-20)25(21)28-13-14-29-25)26-23-12-5-4-9-19(23)15-18-7-2-1-3-8-18/h1-5,7-9,12,20-22H,6,10-11,13-17H2,(H,26,27)/t20?,21-,22+. The maximum Gasteiger partial charge on any atom is 0.227 e. The highest BCUT2D eigenvalue weighted by atomic mass is 32.2. The van der Waals surface area contributed by atoms with Gasteiger partial charge in [-0.15, -0.1) is 23.5 Å². The molecule has 29 heavy (non-hydrogen) atoms. The van der Waals surface area contributed by atoms with E-state index in [1.54, 1.807) is 0 Å². The zero-order valence-electron chi connectivity index (χ0n) is 16.8. The molecule has 1 unspecified atom stereocenters. The van der Waals surface area contributed by atoms with Crippen molar-refractivity contribution < 1.29 is 4.79 Å². The molecule has 3 aliphatic rings. The predicted octanol–water partition coefficient (Wildman–Crippen LogP) is 6.22. The van der Waals surface area contributed by atoms with E-state index in [0.717, 1.165) is 24.9 Å². The van der Waals surface area contributed by atoms with Crippen LogP contribution in [0.15, 0.2) is 54.6 Å². The third-order valence-corrected chi connectivity index (χ3v) is 11.0. The molecule has 1 saturated heterocycles. The van der Waals surface area contributed by atoms with Crippen LogP contribution >= 0.6 is 23.5 Å². The number of hydrogen-bond donors (Lipinski definition) is 1. The molecule has 1 N–H and O–H groups in total. The molecule has 2 nitrogen and oxygen atoms in total. The second kappa shape index (κ2) is 8.39. The van der Waals surface area contributed by atoms with Crippen LogP contribution in [0.5, 0.6) is 0 Å². The molecule has 2 bridgehead atoms. The first-order valence-electron chi connectivity index (χ1n) is 11.0. The Labute approximate surface area is 182 Å². The lowest BCUT2D eigenvalue weighted by Crippen LogP contribution is -2.48. The summed E-state index contributed by atoms with van der Waals surface area (Å²) in [4.78, 5) is 13.3. The van der Waals surface area contributed by atoms with Crippen molar-refractivity contribution >= 4 is 35.1 Å². The Bertz CT molecular complexity index is 846. The molecular formula is C25H29NOS2. The molecule has 1 spiro atoms. The number of rotatable bonds is 4. The molecule has 3 atom stereocenters. The van der Waals surface area contributed by atoms with Gasteiger partial charge < -0.3 is 5.32 Å². The molecule has 2 aromatic carbocycles. The SMILES string of the molecule is O=C(Nc1ccccc1Cc1ccccc1)C1C[C@H]2CCC[C@@H](C1)C21SCCS1. The maximum atomic E-state index is 13.3. The molecular weight excluding hydrogens is 394 g/mol. The van der Waals surface area contributed by atoms with E-state index in [2.05, 4.69) is 71.3 Å². The monoisotopic (exact) mass is 423 g/mol. The van der Waals surface area contributed by atoms with Gasteiger partial charge in [0.15, 0.2) is 0 Å². The molecule has 5 rings (SSSR count). The molecule has 1 heterocycles. The number of anilines is 1. The van der Waals surface area contributed by atoms with Gasteiger partial charge in [-0.05, 0) is 61.1 Å². The Kier molecular flexibility index (Phi) is 5.66. The van der Waals surface area contributed by atoms with E-state index < -0.39 is 0 Å². The Hall–Kier alpha value is -1.39. The van der Waals surface area contributed by atoms with Gasteiger partial charge in [-0.1, -0.05) is 55.0 Å². The number of thioether (sulfide) groups is 2. The summed E-state index contributed by atoms with van der Waals surface area (Å²) in [7, 11) is 0. The number of hydrogen-bond acceptors (Lipinski definition) is 3. The number of benzene rings is 2. The summed E-state index contributed by atoms with van der Waals surface area (Å²) in [5.74, 6) is 4.42. The van der Waals surface area contributed by atoms with Crippen molar-refractivity contribution in [2.45, 2.75) is 42.6 Å². The summed E-state index contributed by atoms with van der Waals surface area (Å²) in [6, 6.07) is 18.8. The zero-order chi connectivity index (χ0) is 19.7. The minimum Gasteiger partial charge on any atom is -0.326 e. The quantitative estimate of drug-likeness (QED) is 0.633. The highest BCUT2D eigenvalue weighted by Gasteiger charge is 2.55. The van der Waals surface area contributed by atoms with Gasteiger partial charge in [0.05, 0.1) is 4.08 Å². The van der Waals surface area contributed by atoms with Crippen LogP contribution in [0.3, 0.4) is 0 Å². The van der Waals surface area contributed by atoms with Gasteiger partial charge in [0, 0.05) is 23.1 Å². The van der Waals surface area contributed by atoms with Gasteiger partial charge >= 0.3 is 0 Å². The fourth-order valence-corrected chi connectivity index (χ4v) is 9.61. The number of para-hydroxylation sites is 1. The van der Waals surface area contributed by atoms with E-state index in [0.29, 0.717) is 15.9 Å². The number of nitrogens with one attached hydrogen (secondary N) is 1. The summed E-state index contributed by atoms with van der Waals surface area (Å²) in [5, 5.41) is 3.32. The third-order valence-electron chi connectivity index (χ3n) is 7.00. The lowest BCUT2D eigenvalue weighted by molar-refractivity contribution is -0.122. The number of amides is 1. The van der Waals surface area contributed by atoms with Crippen molar-refractivity contribution in [3.63, 3.8) is 0 Å². The number of carbonyl (C=O) groups is 1. The minimum atomic E-state index is 0.169. The molecule has 0 radical (unpaired) electrons. The van der Waals surface area contributed by atoms with Gasteiger partial charge in [-0.2, -0.15) is 0 Å². The largest absolute Gasteiger partial charge is 0.326 e. The first-order valence-corrected chi connectivity index (χ1v) is 12.9. The molecule has 4 heteroatoms. The molecule has 3 fully saturated rings. The Balaban J connectivity index is 1.30. The van der Waals surface area contributed by atoms with Crippen molar-refractivity contribution in [2.75, 3.05) is 16.8 Å². The van der Waals surface area contributed by atoms with Gasteiger partial charge in [-0.3, -0.25) is 4.79 Å². The fraction of sp³-hybridized carbons (Fsp3) is 0.480. The summed E-state index contributed by atoms with van der Waals surface area (Å²) in [6.07, 6.45) is 6.97. The number of carbonyl (C=O) groups excluding carboxylic acids is 1. The van der Waals surface area contributed by atoms with Crippen LogP contribution in [0.25, 0.3) is 0 Å².